The van der Waals surface area contributed by atoms with Crippen molar-refractivity contribution in [2.45, 2.75) is 19.9 Å². The average Bonchev–Trinajstić information content (AvgIpc) is 3.25. The van der Waals surface area contributed by atoms with Crippen molar-refractivity contribution in [2.75, 3.05) is 11.9 Å². The zero-order valence-corrected chi connectivity index (χ0v) is 17.5. The zero-order chi connectivity index (χ0) is 20.4. The maximum atomic E-state index is 12.9. The van der Waals surface area contributed by atoms with Crippen molar-refractivity contribution in [3.8, 4) is 5.69 Å². The summed E-state index contributed by atoms with van der Waals surface area (Å²) in [6.45, 7) is 2.67. The molecule has 0 saturated carbocycles. The highest BCUT2D eigenvalue weighted by molar-refractivity contribution is 9.10. The SMILES string of the molecule is Cc1cc(NC(=O)C2CC(=O)N(Cc3ccccn3)C2)n(-c2cccc(Br)c2)n1. The van der Waals surface area contributed by atoms with Gasteiger partial charge in [0.05, 0.1) is 29.5 Å². The standard InChI is InChI=1S/C21H20BrN5O2/c1-14-9-19(27(25-14)18-7-4-5-16(22)11-18)24-21(29)15-10-20(28)26(12-15)13-17-6-2-3-8-23-17/h2-9,11,15H,10,12-13H2,1H3,(H,24,29). The summed E-state index contributed by atoms with van der Waals surface area (Å²) >= 11 is 3.46. The van der Waals surface area contributed by atoms with E-state index in [-0.39, 0.29) is 18.2 Å². The number of aryl methyl sites for hydroxylation is 1. The van der Waals surface area contributed by atoms with Gasteiger partial charge in [0.1, 0.15) is 5.82 Å². The third-order valence-corrected chi connectivity index (χ3v) is 5.29. The molecule has 1 fully saturated rings. The summed E-state index contributed by atoms with van der Waals surface area (Å²) in [4.78, 5) is 31.2. The molecule has 1 aliphatic heterocycles. The average molecular weight is 454 g/mol. The topological polar surface area (TPSA) is 80.1 Å². The van der Waals surface area contributed by atoms with E-state index in [1.807, 2.05) is 55.5 Å². The number of aromatic nitrogens is 3. The van der Waals surface area contributed by atoms with Crippen molar-refractivity contribution in [2.24, 2.45) is 5.92 Å². The first-order chi connectivity index (χ1) is 14.0. The van der Waals surface area contributed by atoms with Crippen LogP contribution in [0.4, 0.5) is 5.82 Å². The molecular formula is C21H20BrN5O2. The quantitative estimate of drug-likeness (QED) is 0.642. The van der Waals surface area contributed by atoms with Crippen molar-refractivity contribution in [3.05, 3.63) is 70.6 Å². The minimum absolute atomic E-state index is 0.0347. The molecule has 3 heterocycles. The van der Waals surface area contributed by atoms with Crippen LogP contribution in [0.2, 0.25) is 0 Å². The first-order valence-electron chi connectivity index (χ1n) is 9.31. The number of rotatable bonds is 5. The first-order valence-corrected chi connectivity index (χ1v) is 10.1. The van der Waals surface area contributed by atoms with E-state index in [1.54, 1.807) is 15.8 Å². The van der Waals surface area contributed by atoms with Crippen LogP contribution in [-0.2, 0) is 16.1 Å². The second-order valence-electron chi connectivity index (χ2n) is 7.05. The summed E-state index contributed by atoms with van der Waals surface area (Å²) in [6.07, 6.45) is 1.90. The number of nitrogens with one attached hydrogen (secondary N) is 1. The van der Waals surface area contributed by atoms with E-state index in [9.17, 15) is 9.59 Å². The molecule has 29 heavy (non-hydrogen) atoms. The third kappa shape index (κ3) is 4.37. The fraction of sp³-hybridized carbons (Fsp3) is 0.238. The molecule has 8 heteroatoms. The second-order valence-corrected chi connectivity index (χ2v) is 7.96. The minimum atomic E-state index is -0.405. The highest BCUT2D eigenvalue weighted by atomic mass is 79.9. The normalized spacial score (nSPS) is 16.3. The maximum Gasteiger partial charge on any atom is 0.230 e. The summed E-state index contributed by atoms with van der Waals surface area (Å²) in [5.74, 6) is -0.0379. The molecule has 0 bridgehead atoms. The number of hydrogen-bond acceptors (Lipinski definition) is 4. The van der Waals surface area contributed by atoms with Gasteiger partial charge in [-0.1, -0.05) is 28.1 Å². The second kappa shape index (κ2) is 8.16. The van der Waals surface area contributed by atoms with Crippen molar-refractivity contribution in [3.63, 3.8) is 0 Å². The van der Waals surface area contributed by atoms with Gasteiger partial charge in [-0.15, -0.1) is 0 Å². The van der Waals surface area contributed by atoms with Gasteiger partial charge in [0, 0.05) is 29.7 Å². The lowest BCUT2D eigenvalue weighted by atomic mass is 10.1. The summed E-state index contributed by atoms with van der Waals surface area (Å²) < 4.78 is 2.62. The highest BCUT2D eigenvalue weighted by Crippen LogP contribution is 2.24. The predicted octanol–water partition coefficient (Wildman–Crippen LogP) is 3.33. The number of amides is 2. The van der Waals surface area contributed by atoms with E-state index in [0.29, 0.717) is 18.9 Å². The van der Waals surface area contributed by atoms with Gasteiger partial charge >= 0.3 is 0 Å². The summed E-state index contributed by atoms with van der Waals surface area (Å²) in [6, 6.07) is 15.1. The molecule has 4 rings (SSSR count). The number of benzene rings is 1. The Balaban J connectivity index is 1.47. The summed E-state index contributed by atoms with van der Waals surface area (Å²) in [5.41, 5.74) is 2.44. The lowest BCUT2D eigenvalue weighted by Crippen LogP contribution is -2.28. The highest BCUT2D eigenvalue weighted by Gasteiger charge is 2.34. The Kier molecular flexibility index (Phi) is 5.44. The Morgan fingerprint density at radius 3 is 2.86 bits per heavy atom. The molecule has 2 aromatic heterocycles. The Morgan fingerprint density at radius 1 is 1.24 bits per heavy atom. The van der Waals surface area contributed by atoms with E-state index in [2.05, 4.69) is 31.3 Å². The monoisotopic (exact) mass is 453 g/mol. The van der Waals surface area contributed by atoms with E-state index in [1.165, 1.54) is 0 Å². The fourth-order valence-electron chi connectivity index (χ4n) is 3.41. The van der Waals surface area contributed by atoms with E-state index in [0.717, 1.165) is 21.5 Å². The van der Waals surface area contributed by atoms with Crippen LogP contribution in [-0.4, -0.2) is 38.0 Å². The largest absolute Gasteiger partial charge is 0.336 e. The lowest BCUT2D eigenvalue weighted by molar-refractivity contribution is -0.128. The van der Waals surface area contributed by atoms with Gasteiger partial charge in [0.2, 0.25) is 11.8 Å². The Labute approximate surface area is 176 Å². The molecule has 0 spiro atoms. The number of hydrogen-bond donors (Lipinski definition) is 1. The number of carbonyl (C=O) groups is 2. The molecule has 1 aliphatic rings. The molecule has 7 nitrogen and oxygen atoms in total. The molecular weight excluding hydrogens is 434 g/mol. The molecule has 1 saturated heterocycles. The van der Waals surface area contributed by atoms with Crippen LogP contribution in [0.5, 0.6) is 0 Å². The van der Waals surface area contributed by atoms with Crippen molar-refractivity contribution >= 4 is 33.6 Å². The molecule has 0 radical (unpaired) electrons. The zero-order valence-electron chi connectivity index (χ0n) is 15.9. The van der Waals surface area contributed by atoms with Crippen LogP contribution in [0.15, 0.2) is 59.2 Å². The molecule has 3 aromatic rings. The molecule has 1 aromatic carbocycles. The van der Waals surface area contributed by atoms with Crippen molar-refractivity contribution < 1.29 is 9.59 Å². The van der Waals surface area contributed by atoms with Gasteiger partial charge in [-0.25, -0.2) is 4.68 Å². The van der Waals surface area contributed by atoms with Crippen LogP contribution in [0.1, 0.15) is 17.8 Å². The van der Waals surface area contributed by atoms with Crippen LogP contribution in [0, 0.1) is 12.8 Å². The molecule has 1 unspecified atom stereocenters. The fourth-order valence-corrected chi connectivity index (χ4v) is 3.80. The molecule has 1 atom stereocenters. The van der Waals surface area contributed by atoms with Crippen LogP contribution >= 0.6 is 15.9 Å². The number of likely N-dealkylation sites (tertiary alicyclic amines) is 1. The number of pyridine rings is 1. The Bertz CT molecular complexity index is 1050. The van der Waals surface area contributed by atoms with Crippen LogP contribution in [0.3, 0.4) is 0 Å². The van der Waals surface area contributed by atoms with Crippen LogP contribution < -0.4 is 5.32 Å². The summed E-state index contributed by atoms with van der Waals surface area (Å²) in [7, 11) is 0. The predicted molar refractivity (Wildman–Crippen MR) is 112 cm³/mol. The smallest absolute Gasteiger partial charge is 0.230 e. The molecule has 2 amide bonds. The first kappa shape index (κ1) is 19.3. The number of anilines is 1. The third-order valence-electron chi connectivity index (χ3n) is 4.80. The number of carbonyl (C=O) groups excluding carboxylic acids is 2. The van der Waals surface area contributed by atoms with E-state index < -0.39 is 5.92 Å². The number of nitrogens with zero attached hydrogens (tertiary/aromatic N) is 4. The van der Waals surface area contributed by atoms with Gasteiger partial charge in [0.25, 0.3) is 0 Å². The van der Waals surface area contributed by atoms with Gasteiger partial charge in [-0.3, -0.25) is 14.6 Å². The molecule has 148 valence electrons. The maximum absolute atomic E-state index is 12.9. The van der Waals surface area contributed by atoms with E-state index in [4.69, 9.17) is 0 Å². The van der Waals surface area contributed by atoms with Crippen molar-refractivity contribution in [1.82, 2.24) is 19.7 Å². The van der Waals surface area contributed by atoms with Gasteiger partial charge < -0.3 is 10.2 Å². The van der Waals surface area contributed by atoms with Gasteiger partial charge in [0.15, 0.2) is 0 Å². The minimum Gasteiger partial charge on any atom is -0.336 e. The summed E-state index contributed by atoms with van der Waals surface area (Å²) in [5, 5.41) is 7.43. The van der Waals surface area contributed by atoms with Crippen molar-refractivity contribution in [1.29, 1.82) is 0 Å². The Morgan fingerprint density at radius 2 is 2.10 bits per heavy atom. The molecule has 1 N–H and O–H groups in total. The number of halogens is 1. The Hall–Kier alpha value is -3.00. The van der Waals surface area contributed by atoms with Gasteiger partial charge in [-0.2, -0.15) is 5.10 Å². The van der Waals surface area contributed by atoms with Gasteiger partial charge in [-0.05, 0) is 37.3 Å². The molecule has 0 aliphatic carbocycles. The van der Waals surface area contributed by atoms with Crippen LogP contribution in [0.25, 0.3) is 5.69 Å². The van der Waals surface area contributed by atoms with E-state index >= 15 is 0 Å². The lowest BCUT2D eigenvalue weighted by Gasteiger charge is -2.16.